The van der Waals surface area contributed by atoms with Gasteiger partial charge < -0.3 is 15.1 Å². The van der Waals surface area contributed by atoms with Gasteiger partial charge >= 0.3 is 0 Å². The van der Waals surface area contributed by atoms with E-state index in [1.54, 1.807) is 0 Å². The third-order valence-electron chi connectivity index (χ3n) is 4.00. The Kier molecular flexibility index (Phi) is 5.23. The molecule has 106 valence electrons. The van der Waals surface area contributed by atoms with E-state index in [9.17, 15) is 0 Å². The molecule has 0 radical (unpaired) electrons. The molecule has 1 aliphatic rings. The molecule has 1 atom stereocenters. The Bertz CT molecular complexity index is 372. The third kappa shape index (κ3) is 4.22. The van der Waals surface area contributed by atoms with Crippen LogP contribution in [-0.4, -0.2) is 44.7 Å². The summed E-state index contributed by atoms with van der Waals surface area (Å²) < 4.78 is 0. The van der Waals surface area contributed by atoms with E-state index >= 15 is 0 Å². The molecule has 1 aliphatic heterocycles. The Morgan fingerprint density at radius 3 is 2.63 bits per heavy atom. The Hall–Kier alpha value is -1.06. The number of nitrogens with zero attached hydrogens (tertiary/aromatic N) is 2. The van der Waals surface area contributed by atoms with Gasteiger partial charge in [0.25, 0.3) is 0 Å². The van der Waals surface area contributed by atoms with E-state index in [0.29, 0.717) is 6.04 Å². The molecular weight excluding hydrogens is 234 g/mol. The van der Waals surface area contributed by atoms with Crippen molar-refractivity contribution in [3.63, 3.8) is 0 Å². The van der Waals surface area contributed by atoms with Crippen molar-refractivity contribution < 1.29 is 0 Å². The van der Waals surface area contributed by atoms with Crippen LogP contribution in [0.1, 0.15) is 25.3 Å². The quantitative estimate of drug-likeness (QED) is 0.877. The van der Waals surface area contributed by atoms with Gasteiger partial charge in [0.2, 0.25) is 0 Å². The van der Waals surface area contributed by atoms with Crippen LogP contribution in [0.5, 0.6) is 0 Å². The van der Waals surface area contributed by atoms with Crippen molar-refractivity contribution in [2.45, 2.75) is 32.4 Å². The molecule has 0 saturated carbocycles. The van der Waals surface area contributed by atoms with Crippen LogP contribution in [0.2, 0.25) is 0 Å². The molecule has 1 heterocycles. The standard InChI is InChI=1S/C16H27N3/c1-4-19-11-5-6-15(13-19)17-12-14-7-9-16(10-8-14)18(2)3/h7-10,15,17H,4-6,11-13H2,1-3H3. The summed E-state index contributed by atoms with van der Waals surface area (Å²) in [5.41, 5.74) is 2.64. The lowest BCUT2D eigenvalue weighted by Gasteiger charge is -2.32. The van der Waals surface area contributed by atoms with Crippen LogP contribution < -0.4 is 10.2 Å². The van der Waals surface area contributed by atoms with Crippen molar-refractivity contribution in [1.29, 1.82) is 0 Å². The first-order valence-corrected chi connectivity index (χ1v) is 7.41. The summed E-state index contributed by atoms with van der Waals surface area (Å²) in [6.07, 6.45) is 2.64. The second-order valence-corrected chi connectivity index (χ2v) is 5.67. The molecule has 0 aliphatic carbocycles. The summed E-state index contributed by atoms with van der Waals surface area (Å²) in [5, 5.41) is 3.70. The predicted molar refractivity (Wildman–Crippen MR) is 82.7 cm³/mol. The number of piperidine rings is 1. The maximum atomic E-state index is 3.70. The van der Waals surface area contributed by atoms with Crippen LogP contribution in [0.4, 0.5) is 5.69 Å². The molecule has 2 rings (SSSR count). The van der Waals surface area contributed by atoms with Crippen molar-refractivity contribution in [3.05, 3.63) is 29.8 Å². The van der Waals surface area contributed by atoms with Crippen molar-refractivity contribution in [3.8, 4) is 0 Å². The normalized spacial score (nSPS) is 20.5. The minimum absolute atomic E-state index is 0.655. The lowest BCUT2D eigenvalue weighted by molar-refractivity contribution is 0.198. The first-order chi connectivity index (χ1) is 9.19. The van der Waals surface area contributed by atoms with E-state index in [1.807, 2.05) is 0 Å². The highest BCUT2D eigenvalue weighted by atomic mass is 15.2. The fourth-order valence-electron chi connectivity index (χ4n) is 2.68. The lowest BCUT2D eigenvalue weighted by atomic mass is 10.1. The number of hydrogen-bond donors (Lipinski definition) is 1. The van der Waals surface area contributed by atoms with Gasteiger partial charge in [-0.25, -0.2) is 0 Å². The SMILES string of the molecule is CCN1CCCC(NCc2ccc(N(C)C)cc2)C1. The van der Waals surface area contributed by atoms with Gasteiger partial charge in [-0.15, -0.1) is 0 Å². The summed E-state index contributed by atoms with van der Waals surface area (Å²) in [6.45, 7) is 6.88. The van der Waals surface area contributed by atoms with E-state index in [1.165, 1.54) is 43.7 Å². The Morgan fingerprint density at radius 2 is 2.00 bits per heavy atom. The molecular formula is C16H27N3. The number of nitrogens with one attached hydrogen (secondary N) is 1. The topological polar surface area (TPSA) is 18.5 Å². The number of likely N-dealkylation sites (N-methyl/N-ethyl adjacent to an activating group) is 1. The van der Waals surface area contributed by atoms with Crippen molar-refractivity contribution in [2.75, 3.05) is 38.6 Å². The van der Waals surface area contributed by atoms with Gasteiger partial charge in [-0.2, -0.15) is 0 Å². The molecule has 0 amide bonds. The van der Waals surface area contributed by atoms with Gasteiger partial charge in [-0.1, -0.05) is 19.1 Å². The minimum Gasteiger partial charge on any atom is -0.378 e. The van der Waals surface area contributed by atoms with Gasteiger partial charge in [0.1, 0.15) is 0 Å². The summed E-state index contributed by atoms with van der Waals surface area (Å²) in [6, 6.07) is 9.49. The first-order valence-electron chi connectivity index (χ1n) is 7.41. The molecule has 19 heavy (non-hydrogen) atoms. The van der Waals surface area contributed by atoms with Crippen molar-refractivity contribution in [1.82, 2.24) is 10.2 Å². The molecule has 1 aromatic rings. The van der Waals surface area contributed by atoms with Crippen LogP contribution >= 0.6 is 0 Å². The highest BCUT2D eigenvalue weighted by molar-refractivity contribution is 5.45. The second kappa shape index (κ2) is 6.92. The molecule has 1 unspecified atom stereocenters. The average molecular weight is 261 g/mol. The van der Waals surface area contributed by atoms with Crippen LogP contribution in [0, 0.1) is 0 Å². The smallest absolute Gasteiger partial charge is 0.0361 e. The minimum atomic E-state index is 0.655. The molecule has 1 saturated heterocycles. The number of rotatable bonds is 5. The summed E-state index contributed by atoms with van der Waals surface area (Å²) in [7, 11) is 4.16. The number of benzene rings is 1. The summed E-state index contributed by atoms with van der Waals surface area (Å²) >= 11 is 0. The van der Waals surface area contributed by atoms with Crippen LogP contribution in [-0.2, 0) is 6.54 Å². The molecule has 0 bridgehead atoms. The molecule has 0 aromatic heterocycles. The Morgan fingerprint density at radius 1 is 1.26 bits per heavy atom. The van der Waals surface area contributed by atoms with E-state index in [4.69, 9.17) is 0 Å². The molecule has 1 N–H and O–H groups in total. The maximum absolute atomic E-state index is 3.70. The number of hydrogen-bond acceptors (Lipinski definition) is 3. The van der Waals surface area contributed by atoms with E-state index in [2.05, 4.69) is 60.4 Å². The first kappa shape index (κ1) is 14.4. The van der Waals surface area contributed by atoms with E-state index in [0.717, 1.165) is 6.54 Å². The molecule has 1 aromatic carbocycles. The van der Waals surface area contributed by atoms with Gasteiger partial charge in [-0.05, 0) is 43.6 Å². The molecule has 1 fully saturated rings. The monoisotopic (exact) mass is 261 g/mol. The van der Waals surface area contributed by atoms with Gasteiger partial charge in [0.15, 0.2) is 0 Å². The Labute approximate surface area is 117 Å². The second-order valence-electron chi connectivity index (χ2n) is 5.67. The largest absolute Gasteiger partial charge is 0.378 e. The average Bonchev–Trinajstić information content (AvgIpc) is 2.46. The highest BCUT2D eigenvalue weighted by Gasteiger charge is 2.17. The zero-order chi connectivity index (χ0) is 13.7. The zero-order valence-electron chi connectivity index (χ0n) is 12.5. The van der Waals surface area contributed by atoms with Crippen LogP contribution in [0.3, 0.4) is 0 Å². The molecule has 0 spiro atoms. The van der Waals surface area contributed by atoms with Gasteiger partial charge in [0, 0.05) is 38.9 Å². The van der Waals surface area contributed by atoms with Gasteiger partial charge in [-0.3, -0.25) is 0 Å². The number of anilines is 1. The summed E-state index contributed by atoms with van der Waals surface area (Å²) in [4.78, 5) is 4.67. The summed E-state index contributed by atoms with van der Waals surface area (Å²) in [5.74, 6) is 0. The van der Waals surface area contributed by atoms with Crippen molar-refractivity contribution >= 4 is 5.69 Å². The van der Waals surface area contributed by atoms with Crippen LogP contribution in [0.25, 0.3) is 0 Å². The van der Waals surface area contributed by atoms with Crippen LogP contribution in [0.15, 0.2) is 24.3 Å². The zero-order valence-corrected chi connectivity index (χ0v) is 12.5. The fourth-order valence-corrected chi connectivity index (χ4v) is 2.68. The maximum Gasteiger partial charge on any atom is 0.0361 e. The lowest BCUT2D eigenvalue weighted by Crippen LogP contribution is -2.45. The van der Waals surface area contributed by atoms with E-state index < -0.39 is 0 Å². The number of likely N-dealkylation sites (tertiary alicyclic amines) is 1. The predicted octanol–water partition coefficient (Wildman–Crippen LogP) is 2.33. The highest BCUT2D eigenvalue weighted by Crippen LogP contribution is 2.13. The van der Waals surface area contributed by atoms with E-state index in [-0.39, 0.29) is 0 Å². The molecule has 3 heteroatoms. The molecule has 3 nitrogen and oxygen atoms in total. The van der Waals surface area contributed by atoms with Crippen molar-refractivity contribution in [2.24, 2.45) is 0 Å². The van der Waals surface area contributed by atoms with Gasteiger partial charge in [0.05, 0.1) is 0 Å². The Balaban J connectivity index is 1.81. The fraction of sp³-hybridized carbons (Fsp3) is 0.625. The third-order valence-corrected chi connectivity index (χ3v) is 4.00.